The van der Waals surface area contributed by atoms with Crippen LogP contribution in [-0.2, 0) is 22.7 Å². The molecule has 41 heavy (non-hydrogen) atoms. The highest BCUT2D eigenvalue weighted by Crippen LogP contribution is 2.59. The third-order valence-corrected chi connectivity index (χ3v) is 8.71. The number of piperidine rings is 1. The predicted molar refractivity (Wildman–Crippen MR) is 155 cm³/mol. The number of ketones is 1. The second-order valence-electron chi connectivity index (χ2n) is 11.8. The Morgan fingerprint density at radius 2 is 1.73 bits per heavy atom. The van der Waals surface area contributed by atoms with Crippen LogP contribution in [0.5, 0.6) is 0 Å². The molecule has 9 nitrogen and oxygen atoms in total. The van der Waals surface area contributed by atoms with Gasteiger partial charge in [-0.3, -0.25) is 19.1 Å². The Labute approximate surface area is 239 Å². The van der Waals surface area contributed by atoms with Crippen molar-refractivity contribution in [1.29, 1.82) is 0 Å². The number of benzene rings is 2. The highest BCUT2D eigenvalue weighted by Gasteiger charge is 2.64. The van der Waals surface area contributed by atoms with Gasteiger partial charge < -0.3 is 10.2 Å². The van der Waals surface area contributed by atoms with Gasteiger partial charge in [0, 0.05) is 42.9 Å². The first kappa shape index (κ1) is 26.8. The number of carbonyl (C=O) groups excluding carboxylic acids is 3. The Kier molecular flexibility index (Phi) is 6.47. The Bertz CT molecular complexity index is 1710. The monoisotopic (exact) mass is 550 g/mol. The fraction of sp³-hybridized carbons (Fsp3) is 0.375. The molecule has 0 spiro atoms. The second-order valence-corrected chi connectivity index (χ2v) is 11.8. The molecule has 2 aromatic carbocycles. The van der Waals surface area contributed by atoms with Crippen molar-refractivity contribution in [3.63, 3.8) is 0 Å². The summed E-state index contributed by atoms with van der Waals surface area (Å²) >= 11 is 0. The number of likely N-dealkylation sites (tertiary alicyclic amines) is 1. The van der Waals surface area contributed by atoms with Crippen LogP contribution in [0.4, 0.5) is 0 Å². The summed E-state index contributed by atoms with van der Waals surface area (Å²) < 4.78 is 1.62. The average Bonchev–Trinajstić information content (AvgIpc) is 3.29. The van der Waals surface area contributed by atoms with Crippen LogP contribution in [0.25, 0.3) is 22.0 Å². The normalized spacial score (nSPS) is 21.1. The van der Waals surface area contributed by atoms with Crippen molar-refractivity contribution in [1.82, 2.24) is 30.0 Å². The Morgan fingerprint density at radius 3 is 2.44 bits per heavy atom. The lowest BCUT2D eigenvalue weighted by atomic mass is 10.0. The third kappa shape index (κ3) is 4.79. The van der Waals surface area contributed by atoms with E-state index in [2.05, 4.69) is 27.3 Å². The molecule has 0 bridgehead atoms. The smallest absolute Gasteiger partial charge is 0.245 e. The van der Waals surface area contributed by atoms with Crippen molar-refractivity contribution >= 4 is 28.5 Å². The number of hydrogen-bond donors (Lipinski definition) is 1. The summed E-state index contributed by atoms with van der Waals surface area (Å²) in [5.74, 6) is 0.202. The molecule has 0 radical (unpaired) electrons. The molecule has 2 aromatic heterocycles. The zero-order valence-electron chi connectivity index (χ0n) is 24.1. The van der Waals surface area contributed by atoms with Gasteiger partial charge in [0.1, 0.15) is 24.1 Å². The van der Waals surface area contributed by atoms with E-state index in [1.807, 2.05) is 57.2 Å². The molecule has 3 atom stereocenters. The van der Waals surface area contributed by atoms with Crippen LogP contribution in [0.2, 0.25) is 0 Å². The SMILES string of the molecule is CC(=O)c1nn(CC(=O)N2[C@H](C(=O)NCc3ccccc3C)C[C@@]3(C)C[C@@H]23)c2c(C)cc(-c3cnc(C)nc3)cc12. The van der Waals surface area contributed by atoms with E-state index in [1.54, 1.807) is 22.0 Å². The van der Waals surface area contributed by atoms with Crippen LogP contribution < -0.4 is 5.32 Å². The molecule has 1 aliphatic carbocycles. The highest BCUT2D eigenvalue weighted by molar-refractivity contribution is 6.07. The lowest BCUT2D eigenvalue weighted by Crippen LogP contribution is -2.48. The molecule has 1 saturated carbocycles. The molecule has 210 valence electrons. The fourth-order valence-electron chi connectivity index (χ4n) is 6.29. The lowest BCUT2D eigenvalue weighted by molar-refractivity contribution is -0.140. The molecule has 1 aliphatic heterocycles. The van der Waals surface area contributed by atoms with Crippen molar-refractivity contribution in [2.75, 3.05) is 0 Å². The van der Waals surface area contributed by atoms with E-state index in [1.165, 1.54) is 6.92 Å². The first-order valence-corrected chi connectivity index (χ1v) is 14.0. The van der Waals surface area contributed by atoms with E-state index in [-0.39, 0.29) is 35.6 Å². The van der Waals surface area contributed by atoms with Crippen LogP contribution in [0, 0.1) is 26.2 Å². The number of rotatable bonds is 7. The van der Waals surface area contributed by atoms with Gasteiger partial charge in [-0.05, 0) is 73.4 Å². The summed E-state index contributed by atoms with van der Waals surface area (Å²) in [6.45, 7) is 9.79. The van der Waals surface area contributed by atoms with Gasteiger partial charge in [-0.2, -0.15) is 5.10 Å². The minimum Gasteiger partial charge on any atom is -0.350 e. The molecule has 2 amide bonds. The summed E-state index contributed by atoms with van der Waals surface area (Å²) in [6, 6.07) is 11.4. The van der Waals surface area contributed by atoms with E-state index >= 15 is 0 Å². The molecule has 4 aromatic rings. The number of aryl methyl sites for hydroxylation is 3. The van der Waals surface area contributed by atoms with Crippen LogP contribution >= 0.6 is 0 Å². The van der Waals surface area contributed by atoms with Crippen LogP contribution in [0.15, 0.2) is 48.8 Å². The van der Waals surface area contributed by atoms with E-state index in [0.717, 1.165) is 39.8 Å². The maximum Gasteiger partial charge on any atom is 0.245 e. The average molecular weight is 551 g/mol. The van der Waals surface area contributed by atoms with E-state index in [4.69, 9.17) is 0 Å². The third-order valence-electron chi connectivity index (χ3n) is 8.71. The molecule has 1 saturated heterocycles. The van der Waals surface area contributed by atoms with Crippen molar-refractivity contribution in [2.45, 2.75) is 72.6 Å². The van der Waals surface area contributed by atoms with Gasteiger partial charge >= 0.3 is 0 Å². The molecular formula is C32H34N6O3. The van der Waals surface area contributed by atoms with E-state index < -0.39 is 6.04 Å². The number of nitrogens with one attached hydrogen (secondary N) is 1. The van der Waals surface area contributed by atoms with Gasteiger partial charge in [0.25, 0.3) is 0 Å². The van der Waals surface area contributed by atoms with Crippen molar-refractivity contribution < 1.29 is 14.4 Å². The zero-order chi connectivity index (χ0) is 29.1. The van der Waals surface area contributed by atoms with Gasteiger partial charge in [-0.25, -0.2) is 9.97 Å². The van der Waals surface area contributed by atoms with Gasteiger partial charge in [0.15, 0.2) is 5.78 Å². The molecule has 9 heteroatoms. The fourth-order valence-corrected chi connectivity index (χ4v) is 6.29. The number of amides is 2. The number of hydrogen-bond acceptors (Lipinski definition) is 6. The molecule has 1 N–H and O–H groups in total. The van der Waals surface area contributed by atoms with Crippen LogP contribution in [-0.4, -0.2) is 54.3 Å². The minimum atomic E-state index is -0.529. The molecular weight excluding hydrogens is 516 g/mol. The first-order valence-electron chi connectivity index (χ1n) is 14.0. The van der Waals surface area contributed by atoms with E-state index in [0.29, 0.717) is 29.9 Å². The Morgan fingerprint density at radius 1 is 1.00 bits per heavy atom. The Hall–Kier alpha value is -4.40. The number of nitrogens with zero attached hydrogens (tertiary/aromatic N) is 5. The predicted octanol–water partition coefficient (Wildman–Crippen LogP) is 4.32. The molecule has 3 heterocycles. The summed E-state index contributed by atoms with van der Waals surface area (Å²) in [5.41, 5.74) is 5.77. The van der Waals surface area contributed by atoms with Gasteiger partial charge in [-0.1, -0.05) is 31.2 Å². The van der Waals surface area contributed by atoms with Gasteiger partial charge in [0.05, 0.1) is 5.52 Å². The summed E-state index contributed by atoms with van der Waals surface area (Å²) in [5, 5.41) is 8.36. The van der Waals surface area contributed by atoms with E-state index in [9.17, 15) is 14.4 Å². The van der Waals surface area contributed by atoms with Crippen molar-refractivity contribution in [2.24, 2.45) is 5.41 Å². The van der Waals surface area contributed by atoms with Gasteiger partial charge in [0.2, 0.25) is 11.8 Å². The maximum atomic E-state index is 13.9. The molecule has 0 unspecified atom stereocenters. The number of fused-ring (bicyclic) bond motifs is 2. The Balaban J connectivity index is 1.28. The molecule has 2 aliphatic rings. The number of carbonyl (C=O) groups is 3. The van der Waals surface area contributed by atoms with Crippen LogP contribution in [0.3, 0.4) is 0 Å². The number of aromatic nitrogens is 4. The summed E-state index contributed by atoms with van der Waals surface area (Å²) in [7, 11) is 0. The standard InChI is InChI=1S/C32H34N6O3/c1-18-8-6-7-9-22(18)14-35-31(41)26-12-32(5)13-27(32)38(26)28(40)17-37-30-19(2)10-23(24-15-33-21(4)34-16-24)11-25(30)29(36-37)20(3)39/h6-11,15-16,26-27H,12-14,17H2,1-5H3,(H,35,41)/t26-,27+,32-/m0/s1. The second kappa shape index (κ2) is 9.90. The molecule has 6 rings (SSSR count). The summed E-state index contributed by atoms with van der Waals surface area (Å²) in [4.78, 5) is 50.2. The van der Waals surface area contributed by atoms with Crippen LogP contribution in [0.1, 0.15) is 59.7 Å². The molecule has 2 fully saturated rings. The van der Waals surface area contributed by atoms with Gasteiger partial charge in [-0.15, -0.1) is 0 Å². The lowest BCUT2D eigenvalue weighted by Gasteiger charge is -2.27. The maximum absolute atomic E-state index is 13.9. The topological polar surface area (TPSA) is 110 Å². The number of Topliss-reactive ketones (excluding diaryl/α,β-unsaturated/α-hetero) is 1. The minimum absolute atomic E-state index is 0.0348. The summed E-state index contributed by atoms with van der Waals surface area (Å²) in [6.07, 6.45) is 5.05. The quantitative estimate of drug-likeness (QED) is 0.343. The van der Waals surface area contributed by atoms with Crippen molar-refractivity contribution in [3.8, 4) is 11.1 Å². The largest absolute Gasteiger partial charge is 0.350 e. The van der Waals surface area contributed by atoms with Crippen molar-refractivity contribution in [3.05, 3.63) is 77.0 Å². The zero-order valence-corrected chi connectivity index (χ0v) is 24.1. The first-order chi connectivity index (χ1) is 19.6. The highest BCUT2D eigenvalue weighted by atomic mass is 16.2.